The Bertz CT molecular complexity index is 992. The second-order valence-corrected chi connectivity index (χ2v) is 8.15. The minimum absolute atomic E-state index is 0.0439. The molecule has 0 aliphatic carbocycles. The predicted octanol–water partition coefficient (Wildman–Crippen LogP) is 3.57. The van der Waals surface area contributed by atoms with Crippen molar-refractivity contribution in [1.29, 1.82) is 0 Å². The number of nitrogens with one attached hydrogen (secondary N) is 1. The Morgan fingerprint density at radius 1 is 0.821 bits per heavy atom. The molecule has 0 aliphatic heterocycles. The zero-order valence-electron chi connectivity index (χ0n) is 15.0. The first-order valence-corrected chi connectivity index (χ1v) is 10.0. The molecule has 0 heterocycles. The summed E-state index contributed by atoms with van der Waals surface area (Å²) in [6.07, 6.45) is 0. The van der Waals surface area contributed by atoms with Gasteiger partial charge in [-0.2, -0.15) is 0 Å². The monoisotopic (exact) mass is 403 g/mol. The molecule has 0 fully saturated rings. The highest BCUT2D eigenvalue weighted by Gasteiger charge is 2.40. The van der Waals surface area contributed by atoms with Crippen molar-refractivity contribution in [3.8, 4) is 0 Å². The fourth-order valence-electron chi connectivity index (χ4n) is 3.06. The van der Waals surface area contributed by atoms with Gasteiger partial charge in [0, 0.05) is 0 Å². The molecule has 0 aromatic heterocycles. The van der Waals surface area contributed by atoms with Crippen molar-refractivity contribution in [2.45, 2.75) is 23.5 Å². The van der Waals surface area contributed by atoms with Gasteiger partial charge >= 0.3 is 0 Å². The molecule has 2 N–H and O–H groups in total. The fraction of sp³-hybridized carbons (Fsp3) is 0.143. The summed E-state index contributed by atoms with van der Waals surface area (Å²) in [5, 5.41) is 11.5. The standard InChI is InChI=1S/C21H19F2NO3S/c1-15(24-28(26,27)20-5-3-2-4-6-20)21(25,16-7-11-18(22)12-8-16)17-9-13-19(23)14-10-17/h2-15,24-25H,1H3/t15-/m0/s1. The SMILES string of the molecule is C[C@H](NS(=O)(=O)c1ccccc1)C(O)(c1ccc(F)cc1)c1ccc(F)cc1. The predicted molar refractivity (Wildman–Crippen MR) is 102 cm³/mol. The van der Waals surface area contributed by atoms with Crippen LogP contribution in [0.25, 0.3) is 0 Å². The number of hydrogen-bond donors (Lipinski definition) is 2. The van der Waals surface area contributed by atoms with Gasteiger partial charge in [0.15, 0.2) is 0 Å². The Hall–Kier alpha value is -2.61. The van der Waals surface area contributed by atoms with E-state index in [1.54, 1.807) is 18.2 Å². The lowest BCUT2D eigenvalue weighted by Crippen LogP contribution is -2.49. The van der Waals surface area contributed by atoms with E-state index in [0.29, 0.717) is 0 Å². The second-order valence-electron chi connectivity index (χ2n) is 6.44. The third-order valence-electron chi connectivity index (χ3n) is 4.58. The number of sulfonamides is 1. The smallest absolute Gasteiger partial charge is 0.240 e. The van der Waals surface area contributed by atoms with Crippen LogP contribution in [0.1, 0.15) is 18.1 Å². The van der Waals surface area contributed by atoms with Gasteiger partial charge in [-0.1, -0.05) is 42.5 Å². The van der Waals surface area contributed by atoms with Gasteiger partial charge in [-0.3, -0.25) is 0 Å². The Morgan fingerprint density at radius 2 is 1.25 bits per heavy atom. The van der Waals surface area contributed by atoms with Crippen LogP contribution in [0.3, 0.4) is 0 Å². The molecule has 0 saturated carbocycles. The summed E-state index contributed by atoms with van der Waals surface area (Å²) in [6, 6.07) is 16.8. The first-order chi connectivity index (χ1) is 13.2. The minimum atomic E-state index is -3.93. The first-order valence-electron chi connectivity index (χ1n) is 8.55. The van der Waals surface area contributed by atoms with E-state index >= 15 is 0 Å². The molecule has 0 bridgehead atoms. The summed E-state index contributed by atoms with van der Waals surface area (Å²) < 4.78 is 54.7. The molecule has 146 valence electrons. The molecule has 7 heteroatoms. The van der Waals surface area contributed by atoms with Gasteiger partial charge in [-0.15, -0.1) is 0 Å². The summed E-state index contributed by atoms with van der Waals surface area (Å²) in [5.41, 5.74) is -1.32. The lowest BCUT2D eigenvalue weighted by molar-refractivity contribution is 0.0518. The van der Waals surface area contributed by atoms with Crippen LogP contribution in [0, 0.1) is 11.6 Å². The maximum atomic E-state index is 13.4. The molecule has 3 aromatic rings. The molecule has 4 nitrogen and oxygen atoms in total. The third kappa shape index (κ3) is 3.96. The number of halogens is 2. The summed E-state index contributed by atoms with van der Waals surface area (Å²) in [7, 11) is -3.93. The van der Waals surface area contributed by atoms with Gasteiger partial charge in [0.05, 0.1) is 10.9 Å². The zero-order valence-corrected chi connectivity index (χ0v) is 15.8. The number of hydrogen-bond acceptors (Lipinski definition) is 3. The molecule has 0 aliphatic rings. The lowest BCUT2D eigenvalue weighted by atomic mass is 9.81. The summed E-state index contributed by atoms with van der Waals surface area (Å²) in [5.74, 6) is -0.995. The van der Waals surface area contributed by atoms with Crippen molar-refractivity contribution >= 4 is 10.0 Å². The van der Waals surface area contributed by atoms with E-state index in [-0.39, 0.29) is 16.0 Å². The molecule has 0 saturated heterocycles. The molecule has 3 aromatic carbocycles. The van der Waals surface area contributed by atoms with Gasteiger partial charge in [0.1, 0.15) is 17.2 Å². The van der Waals surface area contributed by atoms with Crippen molar-refractivity contribution in [1.82, 2.24) is 4.72 Å². The van der Waals surface area contributed by atoms with Gasteiger partial charge in [-0.25, -0.2) is 21.9 Å². The van der Waals surface area contributed by atoms with Crippen molar-refractivity contribution in [3.63, 3.8) is 0 Å². The average molecular weight is 403 g/mol. The number of aliphatic hydroxyl groups is 1. The van der Waals surface area contributed by atoms with Crippen LogP contribution in [0.4, 0.5) is 8.78 Å². The van der Waals surface area contributed by atoms with Crippen molar-refractivity contribution in [3.05, 3.63) is 102 Å². The number of rotatable bonds is 6. The van der Waals surface area contributed by atoms with Crippen LogP contribution in [0.5, 0.6) is 0 Å². The highest BCUT2D eigenvalue weighted by atomic mass is 32.2. The maximum Gasteiger partial charge on any atom is 0.240 e. The molecule has 3 rings (SSSR count). The Balaban J connectivity index is 2.06. The van der Waals surface area contributed by atoms with Crippen molar-refractivity contribution in [2.75, 3.05) is 0 Å². The lowest BCUT2D eigenvalue weighted by Gasteiger charge is -2.35. The fourth-order valence-corrected chi connectivity index (χ4v) is 4.35. The Kier molecular flexibility index (Phi) is 5.60. The minimum Gasteiger partial charge on any atom is -0.379 e. The molecule has 0 amide bonds. The average Bonchev–Trinajstić information content (AvgIpc) is 2.69. The molecular weight excluding hydrogens is 384 g/mol. The topological polar surface area (TPSA) is 66.4 Å². The van der Waals surface area contributed by atoms with Gasteiger partial charge in [-0.05, 0) is 54.4 Å². The molecule has 0 unspecified atom stereocenters. The van der Waals surface area contributed by atoms with Crippen LogP contribution in [0.2, 0.25) is 0 Å². The largest absolute Gasteiger partial charge is 0.379 e. The molecule has 0 spiro atoms. The van der Waals surface area contributed by atoms with E-state index in [4.69, 9.17) is 0 Å². The van der Waals surface area contributed by atoms with Crippen LogP contribution >= 0.6 is 0 Å². The highest BCUT2D eigenvalue weighted by molar-refractivity contribution is 7.89. The third-order valence-corrected chi connectivity index (χ3v) is 6.14. The van der Waals surface area contributed by atoms with E-state index in [1.165, 1.54) is 67.6 Å². The second kappa shape index (κ2) is 7.79. The van der Waals surface area contributed by atoms with E-state index in [1.807, 2.05) is 0 Å². The zero-order chi connectivity index (χ0) is 20.4. The molecule has 0 radical (unpaired) electrons. The summed E-state index contributed by atoms with van der Waals surface area (Å²) >= 11 is 0. The summed E-state index contributed by atoms with van der Waals surface area (Å²) in [4.78, 5) is 0.0439. The molecular formula is C21H19F2NO3S. The summed E-state index contributed by atoms with van der Waals surface area (Å²) in [6.45, 7) is 1.49. The quantitative estimate of drug-likeness (QED) is 0.661. The van der Waals surface area contributed by atoms with Gasteiger partial charge in [0.25, 0.3) is 0 Å². The van der Waals surface area contributed by atoms with E-state index in [0.717, 1.165) is 0 Å². The van der Waals surface area contributed by atoms with E-state index < -0.39 is 33.3 Å². The van der Waals surface area contributed by atoms with Crippen molar-refractivity contribution < 1.29 is 22.3 Å². The number of benzene rings is 3. The first kappa shape index (κ1) is 20.1. The van der Waals surface area contributed by atoms with Crippen molar-refractivity contribution in [2.24, 2.45) is 0 Å². The Morgan fingerprint density at radius 3 is 1.68 bits per heavy atom. The molecule has 1 atom stereocenters. The van der Waals surface area contributed by atoms with Gasteiger partial charge < -0.3 is 5.11 Å². The van der Waals surface area contributed by atoms with Gasteiger partial charge in [0.2, 0.25) is 10.0 Å². The van der Waals surface area contributed by atoms with E-state index in [9.17, 15) is 22.3 Å². The van der Waals surface area contributed by atoms with Crippen LogP contribution in [-0.2, 0) is 15.6 Å². The maximum absolute atomic E-state index is 13.4. The normalized spacial score (nSPS) is 13.3. The van der Waals surface area contributed by atoms with Crippen LogP contribution in [-0.4, -0.2) is 19.6 Å². The Labute approximate surface area is 162 Å². The highest BCUT2D eigenvalue weighted by Crippen LogP contribution is 2.34. The van der Waals surface area contributed by atoms with E-state index in [2.05, 4.69) is 4.72 Å². The van der Waals surface area contributed by atoms with Crippen LogP contribution < -0.4 is 4.72 Å². The van der Waals surface area contributed by atoms with Crippen LogP contribution in [0.15, 0.2) is 83.8 Å². The molecule has 28 heavy (non-hydrogen) atoms.